The molecule has 11 heteroatoms. The van der Waals surface area contributed by atoms with Crippen molar-refractivity contribution in [3.05, 3.63) is 35.9 Å². The van der Waals surface area contributed by atoms with Crippen LogP contribution < -0.4 is 10.6 Å². The molecular formula is C30H47ClN4O4S2. The Morgan fingerprint density at radius 3 is 2.51 bits per heavy atom. The molecule has 0 spiro atoms. The van der Waals surface area contributed by atoms with Crippen molar-refractivity contribution in [2.45, 2.75) is 82.5 Å². The molecule has 0 radical (unpaired) electrons. The van der Waals surface area contributed by atoms with E-state index in [1.165, 1.54) is 42.6 Å². The van der Waals surface area contributed by atoms with Crippen LogP contribution in [0.1, 0.15) is 63.4 Å². The average molecular weight is 627 g/mol. The molecule has 1 aromatic rings. The van der Waals surface area contributed by atoms with Crippen molar-refractivity contribution >= 4 is 53.4 Å². The number of carbonyl (C=O) groups is 2. The van der Waals surface area contributed by atoms with Crippen molar-refractivity contribution in [1.29, 1.82) is 0 Å². The number of hydrogen-bond donors (Lipinski definition) is 2. The number of likely N-dealkylation sites (tertiary alicyclic amines) is 1. The molecule has 41 heavy (non-hydrogen) atoms. The topological polar surface area (TPSA) is 83.1 Å². The molecule has 0 unspecified atom stereocenters. The molecule has 1 aliphatic carbocycles. The molecule has 0 aromatic heterocycles. The average Bonchev–Trinajstić information content (AvgIpc) is 3.48. The zero-order chi connectivity index (χ0) is 28.2. The van der Waals surface area contributed by atoms with Crippen LogP contribution in [0.3, 0.4) is 0 Å². The highest BCUT2D eigenvalue weighted by Crippen LogP contribution is 2.28. The van der Waals surface area contributed by atoms with Crippen molar-refractivity contribution in [2.24, 2.45) is 5.92 Å². The minimum atomic E-state index is -0.554. The summed E-state index contributed by atoms with van der Waals surface area (Å²) < 4.78 is 10.3. The van der Waals surface area contributed by atoms with Crippen molar-refractivity contribution in [2.75, 3.05) is 45.0 Å². The summed E-state index contributed by atoms with van der Waals surface area (Å²) in [7, 11) is 1.56. The molecule has 1 aromatic carbocycles. The Hall–Kier alpha value is -1.59. The van der Waals surface area contributed by atoms with Crippen LogP contribution in [-0.2, 0) is 20.8 Å². The fraction of sp³-hybridized carbons (Fsp3) is 0.700. The molecule has 2 aliphatic heterocycles. The largest absolute Gasteiger partial charge is 0.447 e. The summed E-state index contributed by atoms with van der Waals surface area (Å²) in [4.78, 5) is 30.8. The number of halogens is 1. The van der Waals surface area contributed by atoms with E-state index in [9.17, 15) is 9.59 Å². The van der Waals surface area contributed by atoms with Crippen LogP contribution in [-0.4, -0.2) is 90.0 Å². The second-order valence-corrected chi connectivity index (χ2v) is 12.7. The van der Waals surface area contributed by atoms with Gasteiger partial charge in [-0.15, -0.1) is 24.2 Å². The maximum absolute atomic E-state index is 13.5. The van der Waals surface area contributed by atoms with Gasteiger partial charge in [0.25, 0.3) is 0 Å². The van der Waals surface area contributed by atoms with E-state index in [4.69, 9.17) is 21.7 Å². The van der Waals surface area contributed by atoms with Crippen LogP contribution >= 0.6 is 36.4 Å². The van der Waals surface area contributed by atoms with E-state index < -0.39 is 12.1 Å². The van der Waals surface area contributed by atoms with Crippen LogP contribution in [0.25, 0.3) is 0 Å². The lowest BCUT2D eigenvalue weighted by Gasteiger charge is -2.34. The molecule has 2 heterocycles. The molecular weight excluding hydrogens is 580 g/mol. The number of ether oxygens (including phenoxy) is 2. The van der Waals surface area contributed by atoms with Gasteiger partial charge in [0.2, 0.25) is 5.91 Å². The Bertz CT molecular complexity index is 946. The van der Waals surface area contributed by atoms with E-state index >= 15 is 0 Å². The third-order valence-electron chi connectivity index (χ3n) is 8.34. The first-order valence-corrected chi connectivity index (χ1v) is 16.5. The molecule has 3 fully saturated rings. The van der Waals surface area contributed by atoms with Crippen LogP contribution in [0.2, 0.25) is 0 Å². The maximum atomic E-state index is 13.5. The lowest BCUT2D eigenvalue weighted by molar-refractivity contribution is -0.125. The zero-order valence-corrected chi connectivity index (χ0v) is 26.7. The molecule has 1 saturated carbocycles. The van der Waals surface area contributed by atoms with Gasteiger partial charge in [0.05, 0.1) is 23.5 Å². The van der Waals surface area contributed by atoms with E-state index in [-0.39, 0.29) is 31.0 Å². The number of thiocarbonyl (C=S) groups is 1. The number of rotatable bonds is 12. The first-order chi connectivity index (χ1) is 19.5. The second kappa shape index (κ2) is 18.2. The minimum absolute atomic E-state index is 0. The summed E-state index contributed by atoms with van der Waals surface area (Å²) in [6, 6.07) is 10.1. The molecule has 0 bridgehead atoms. The van der Waals surface area contributed by atoms with E-state index in [0.29, 0.717) is 30.2 Å². The van der Waals surface area contributed by atoms with E-state index in [1.54, 1.807) is 18.9 Å². The van der Waals surface area contributed by atoms with E-state index in [1.807, 2.05) is 0 Å². The fourth-order valence-corrected chi connectivity index (χ4v) is 7.41. The van der Waals surface area contributed by atoms with Crippen LogP contribution in [0, 0.1) is 5.92 Å². The predicted molar refractivity (Wildman–Crippen MR) is 172 cm³/mol. The summed E-state index contributed by atoms with van der Waals surface area (Å²) in [5.74, 6) is 1.55. The second-order valence-electron chi connectivity index (χ2n) is 11.3. The monoisotopic (exact) mass is 626 g/mol. The Morgan fingerprint density at radius 2 is 1.80 bits per heavy atom. The number of benzene rings is 1. The minimum Gasteiger partial charge on any atom is -0.447 e. The quantitative estimate of drug-likeness (QED) is 0.248. The van der Waals surface area contributed by atoms with Crippen molar-refractivity contribution < 1.29 is 19.1 Å². The smallest absolute Gasteiger partial charge is 0.411 e. The molecule has 2 saturated heterocycles. The zero-order valence-electron chi connectivity index (χ0n) is 24.3. The van der Waals surface area contributed by atoms with Gasteiger partial charge in [0.1, 0.15) is 12.6 Å². The summed E-state index contributed by atoms with van der Waals surface area (Å²) in [6.45, 7) is 3.52. The van der Waals surface area contributed by atoms with Gasteiger partial charge in [-0.25, -0.2) is 4.79 Å². The summed E-state index contributed by atoms with van der Waals surface area (Å²) in [6.07, 6.45) is 9.92. The number of piperidine rings is 1. The summed E-state index contributed by atoms with van der Waals surface area (Å²) in [5.41, 5.74) is 1.34. The lowest BCUT2D eigenvalue weighted by atomic mass is 9.85. The summed E-state index contributed by atoms with van der Waals surface area (Å²) >= 11 is 7.51. The van der Waals surface area contributed by atoms with Gasteiger partial charge in [-0.3, -0.25) is 14.6 Å². The van der Waals surface area contributed by atoms with Crippen LogP contribution in [0.5, 0.6) is 0 Å². The van der Waals surface area contributed by atoms with E-state index in [2.05, 4.69) is 45.9 Å². The number of carbonyl (C=O) groups excluding carboxylic acids is 2. The molecule has 3 aliphatic rings. The highest BCUT2D eigenvalue weighted by molar-refractivity contribution is 7.99. The molecule has 2 atom stereocenters. The Kier molecular flexibility index (Phi) is 15.0. The predicted octanol–water partition coefficient (Wildman–Crippen LogP) is 4.99. The van der Waals surface area contributed by atoms with Crippen molar-refractivity contribution in [3.63, 3.8) is 0 Å². The van der Waals surface area contributed by atoms with Gasteiger partial charge < -0.3 is 20.1 Å². The van der Waals surface area contributed by atoms with Crippen LogP contribution in [0.15, 0.2) is 30.3 Å². The third-order valence-corrected chi connectivity index (χ3v) is 9.75. The number of thioether (sulfide) groups is 1. The Balaban J connectivity index is 0.00000462. The van der Waals surface area contributed by atoms with Gasteiger partial charge in [0.15, 0.2) is 0 Å². The molecule has 2 amide bonds. The highest BCUT2D eigenvalue weighted by atomic mass is 35.5. The molecule has 4 rings (SSSR count). The van der Waals surface area contributed by atoms with Gasteiger partial charge in [0, 0.05) is 38.5 Å². The van der Waals surface area contributed by atoms with E-state index in [0.717, 1.165) is 50.3 Å². The van der Waals surface area contributed by atoms with Gasteiger partial charge in [-0.2, -0.15) is 0 Å². The fourth-order valence-electron chi connectivity index (χ4n) is 5.93. The SMILES string of the molecule is COCCOC(=O)N1CSC[C@H]1C(=O)N[C@H](CCC1CCCCC1)C(=S)NC1CCN(Cc2ccccc2)CC1.Cl. The highest BCUT2D eigenvalue weighted by Gasteiger charge is 2.37. The van der Waals surface area contributed by atoms with Crippen molar-refractivity contribution in [1.82, 2.24) is 20.4 Å². The number of hydrogen-bond acceptors (Lipinski definition) is 7. The Morgan fingerprint density at radius 1 is 1.07 bits per heavy atom. The number of methoxy groups -OCH3 is 1. The normalized spacial score (nSPS) is 21.1. The number of nitrogens with zero attached hydrogens (tertiary/aromatic N) is 2. The Labute approximate surface area is 261 Å². The first-order valence-electron chi connectivity index (χ1n) is 14.9. The standard InChI is InChI=1S/C30H46N4O4S2.ClH/c1-37-18-19-38-30(36)34-22-40-21-27(34)28(35)32-26(13-12-23-8-4-2-5-9-23)29(39)31-25-14-16-33(17-15-25)20-24-10-6-3-7-11-24;/h3,6-7,10-11,23,25-27H,2,4-5,8-9,12-22H2,1H3,(H,31,39)(H,32,35);1H/t26-,27+;/m1./s1. The molecule has 8 nitrogen and oxygen atoms in total. The van der Waals surface area contributed by atoms with Gasteiger partial charge in [-0.1, -0.05) is 74.7 Å². The number of nitrogens with one attached hydrogen (secondary N) is 2. The number of amides is 2. The molecule has 2 N–H and O–H groups in total. The summed E-state index contributed by atoms with van der Waals surface area (Å²) in [5, 5.41) is 6.86. The van der Waals surface area contributed by atoms with Crippen molar-refractivity contribution in [3.8, 4) is 0 Å². The van der Waals surface area contributed by atoms with Gasteiger partial charge >= 0.3 is 6.09 Å². The molecule has 230 valence electrons. The maximum Gasteiger partial charge on any atom is 0.411 e. The third kappa shape index (κ3) is 10.9. The lowest BCUT2D eigenvalue weighted by Crippen LogP contribution is -2.55. The first kappa shape index (κ1) is 33.9. The van der Waals surface area contributed by atoms with Gasteiger partial charge in [-0.05, 0) is 37.2 Å². The van der Waals surface area contributed by atoms with Crippen LogP contribution in [0.4, 0.5) is 4.79 Å².